The molecule has 1 aromatic carbocycles. The molecule has 0 aliphatic carbocycles. The van der Waals surface area contributed by atoms with Crippen LogP contribution in [0.25, 0.3) is 6.08 Å². The number of ether oxygens (including phenoxy) is 1. The summed E-state index contributed by atoms with van der Waals surface area (Å²) in [5.74, 6) is -3.26. The molecular weight excluding hydrogens is 226 g/mol. The average molecular weight is 238 g/mol. The van der Waals surface area contributed by atoms with Crippen molar-refractivity contribution in [1.29, 1.82) is 0 Å². The Morgan fingerprint density at radius 2 is 1.94 bits per heavy atom. The minimum Gasteiger partial charge on any atom is -0.461 e. The molecule has 0 aromatic heterocycles. The van der Waals surface area contributed by atoms with E-state index in [1.165, 1.54) is 0 Å². The molecule has 4 heteroatoms. The van der Waals surface area contributed by atoms with Gasteiger partial charge in [-0.3, -0.25) is 0 Å². The Morgan fingerprint density at radius 1 is 1.29 bits per heavy atom. The van der Waals surface area contributed by atoms with Crippen molar-refractivity contribution in [1.82, 2.24) is 0 Å². The molecule has 1 rings (SSSR count). The van der Waals surface area contributed by atoms with E-state index in [1.54, 1.807) is 37.3 Å². The van der Waals surface area contributed by atoms with Gasteiger partial charge in [0.05, 0.1) is 6.61 Å². The van der Waals surface area contributed by atoms with Crippen molar-refractivity contribution < 1.29 is 18.3 Å². The van der Waals surface area contributed by atoms with Gasteiger partial charge in [0.15, 0.2) is 0 Å². The van der Waals surface area contributed by atoms with Crippen molar-refractivity contribution in [2.24, 2.45) is 0 Å². The molecular formula is C13H12F2O2. The molecule has 0 saturated heterocycles. The van der Waals surface area contributed by atoms with Gasteiger partial charge in [0.25, 0.3) is 0 Å². The molecule has 0 spiro atoms. The van der Waals surface area contributed by atoms with E-state index in [4.69, 9.17) is 0 Å². The second-order valence-electron chi connectivity index (χ2n) is 3.15. The van der Waals surface area contributed by atoms with Crippen LogP contribution in [0.1, 0.15) is 12.5 Å². The minimum atomic E-state index is -1.25. The van der Waals surface area contributed by atoms with E-state index in [0.717, 1.165) is 6.08 Å². The lowest BCUT2D eigenvalue weighted by atomic mass is 10.2. The maximum atomic E-state index is 13.3. The third-order valence-corrected chi connectivity index (χ3v) is 1.84. The van der Waals surface area contributed by atoms with Crippen LogP contribution in [0, 0.1) is 0 Å². The highest BCUT2D eigenvalue weighted by Gasteiger charge is 2.09. The lowest BCUT2D eigenvalue weighted by molar-refractivity contribution is -0.140. The maximum absolute atomic E-state index is 13.3. The van der Waals surface area contributed by atoms with Crippen LogP contribution in [0.5, 0.6) is 0 Å². The molecule has 0 bridgehead atoms. The van der Waals surface area contributed by atoms with Crippen LogP contribution in [-0.2, 0) is 9.53 Å². The molecule has 0 heterocycles. The Hall–Kier alpha value is -1.97. The number of rotatable bonds is 4. The van der Waals surface area contributed by atoms with Crippen molar-refractivity contribution >= 4 is 12.0 Å². The largest absolute Gasteiger partial charge is 0.461 e. The smallest absolute Gasteiger partial charge is 0.367 e. The fraction of sp³-hybridized carbons (Fsp3) is 0.154. The van der Waals surface area contributed by atoms with E-state index in [1.807, 2.05) is 0 Å². The molecule has 0 amide bonds. The third-order valence-electron chi connectivity index (χ3n) is 1.84. The van der Waals surface area contributed by atoms with Gasteiger partial charge in [-0.2, -0.15) is 4.39 Å². The summed E-state index contributed by atoms with van der Waals surface area (Å²) >= 11 is 0. The monoisotopic (exact) mass is 238 g/mol. The Kier molecular flexibility index (Phi) is 5.07. The lowest BCUT2D eigenvalue weighted by Gasteiger charge is -1.97. The van der Waals surface area contributed by atoms with Crippen LogP contribution in [-0.4, -0.2) is 12.6 Å². The second kappa shape index (κ2) is 6.58. The Morgan fingerprint density at radius 3 is 2.53 bits per heavy atom. The summed E-state index contributed by atoms with van der Waals surface area (Å²) in [4.78, 5) is 10.9. The van der Waals surface area contributed by atoms with Crippen molar-refractivity contribution in [3.63, 3.8) is 0 Å². The number of esters is 1. The van der Waals surface area contributed by atoms with E-state index >= 15 is 0 Å². The molecule has 0 unspecified atom stereocenters. The highest BCUT2D eigenvalue weighted by atomic mass is 19.1. The first-order valence-corrected chi connectivity index (χ1v) is 5.10. The van der Waals surface area contributed by atoms with Gasteiger partial charge < -0.3 is 4.74 Å². The molecule has 2 nitrogen and oxygen atoms in total. The zero-order valence-corrected chi connectivity index (χ0v) is 9.32. The van der Waals surface area contributed by atoms with Crippen LogP contribution in [0.3, 0.4) is 0 Å². The topological polar surface area (TPSA) is 26.3 Å². The molecule has 0 radical (unpaired) electrons. The number of halogens is 2. The average Bonchev–Trinajstić information content (AvgIpc) is 2.30. The van der Waals surface area contributed by atoms with Gasteiger partial charge in [-0.05, 0) is 18.6 Å². The molecule has 1 aromatic rings. The zero-order valence-electron chi connectivity index (χ0n) is 9.32. The summed E-state index contributed by atoms with van der Waals surface area (Å²) in [5.41, 5.74) is 0.581. The van der Waals surface area contributed by atoms with Crippen molar-refractivity contribution in [2.45, 2.75) is 6.92 Å². The second-order valence-corrected chi connectivity index (χ2v) is 3.15. The Bertz CT molecular complexity index is 436. The van der Waals surface area contributed by atoms with E-state index in [0.29, 0.717) is 11.6 Å². The number of carbonyl (C=O) groups is 1. The fourth-order valence-electron chi connectivity index (χ4n) is 1.13. The van der Waals surface area contributed by atoms with Gasteiger partial charge in [0, 0.05) is 6.08 Å². The number of hydrogen-bond donors (Lipinski definition) is 0. The van der Waals surface area contributed by atoms with Gasteiger partial charge in [0.1, 0.15) is 5.83 Å². The van der Waals surface area contributed by atoms with Gasteiger partial charge in [0.2, 0.25) is 5.83 Å². The highest BCUT2D eigenvalue weighted by molar-refractivity contribution is 5.86. The molecule has 0 fully saturated rings. The maximum Gasteiger partial charge on any atom is 0.367 e. The quantitative estimate of drug-likeness (QED) is 0.456. The van der Waals surface area contributed by atoms with Gasteiger partial charge >= 0.3 is 5.97 Å². The predicted octanol–water partition coefficient (Wildman–Crippen LogP) is 3.41. The number of hydrogen-bond acceptors (Lipinski definition) is 2. The van der Waals surface area contributed by atoms with Crippen LogP contribution >= 0.6 is 0 Å². The van der Waals surface area contributed by atoms with Crippen LogP contribution in [0.15, 0.2) is 48.1 Å². The molecule has 0 aliphatic rings. The summed E-state index contributed by atoms with van der Waals surface area (Å²) in [7, 11) is 0. The standard InChI is InChI=1S/C13H12F2O2/c1-2-17-13(16)12(15)9-11(14)8-10-6-4-3-5-7-10/h3-9H,2H2,1H3/b11-8+,12-9-. The molecule has 0 aliphatic heterocycles. The Balaban J connectivity index is 2.77. The van der Waals surface area contributed by atoms with Gasteiger partial charge in [-0.15, -0.1) is 0 Å². The van der Waals surface area contributed by atoms with Crippen molar-refractivity contribution in [3.8, 4) is 0 Å². The first kappa shape index (κ1) is 13.1. The van der Waals surface area contributed by atoms with E-state index in [2.05, 4.69) is 4.74 Å². The SMILES string of the molecule is CCOC(=O)/C(F)=C/C(F)=C\c1ccccc1. The fourth-order valence-corrected chi connectivity index (χ4v) is 1.13. The Labute approximate surface area is 98.2 Å². The van der Waals surface area contributed by atoms with Crippen LogP contribution in [0.4, 0.5) is 8.78 Å². The third kappa shape index (κ3) is 4.59. The molecule has 17 heavy (non-hydrogen) atoms. The van der Waals surface area contributed by atoms with E-state index in [-0.39, 0.29) is 6.61 Å². The van der Waals surface area contributed by atoms with Crippen LogP contribution in [0.2, 0.25) is 0 Å². The summed E-state index contributed by atoms with van der Waals surface area (Å²) in [6, 6.07) is 8.56. The van der Waals surface area contributed by atoms with Crippen molar-refractivity contribution in [3.05, 3.63) is 53.6 Å². The lowest BCUT2D eigenvalue weighted by Crippen LogP contribution is -2.04. The van der Waals surface area contributed by atoms with Crippen molar-refractivity contribution in [2.75, 3.05) is 6.61 Å². The molecule has 0 atom stereocenters. The first-order chi connectivity index (χ1) is 8.13. The number of carbonyl (C=O) groups excluding carboxylic acids is 1. The number of benzene rings is 1. The summed E-state index contributed by atoms with van der Waals surface area (Å²) in [6.07, 6.45) is 1.63. The molecule has 90 valence electrons. The molecule has 0 N–H and O–H groups in total. The highest BCUT2D eigenvalue weighted by Crippen LogP contribution is 2.12. The van der Waals surface area contributed by atoms with E-state index < -0.39 is 17.6 Å². The summed E-state index contributed by atoms with van der Waals surface area (Å²) in [5, 5.41) is 0. The molecule has 0 saturated carbocycles. The summed E-state index contributed by atoms with van der Waals surface area (Å²) < 4.78 is 30.7. The summed E-state index contributed by atoms with van der Waals surface area (Å²) in [6.45, 7) is 1.59. The predicted molar refractivity (Wildman–Crippen MR) is 61.4 cm³/mol. The zero-order chi connectivity index (χ0) is 12.7. The van der Waals surface area contributed by atoms with E-state index in [9.17, 15) is 13.6 Å². The number of allylic oxidation sites excluding steroid dienone is 2. The van der Waals surface area contributed by atoms with Gasteiger partial charge in [-0.1, -0.05) is 30.3 Å². The van der Waals surface area contributed by atoms with Gasteiger partial charge in [-0.25, -0.2) is 9.18 Å². The first-order valence-electron chi connectivity index (χ1n) is 5.10. The minimum absolute atomic E-state index is 0.0457. The normalized spacial score (nSPS) is 12.4. The van der Waals surface area contributed by atoms with Crippen LogP contribution < -0.4 is 0 Å².